The highest BCUT2D eigenvalue weighted by atomic mass is 32.1. The molecule has 0 saturated heterocycles. The maximum atomic E-state index is 13.3. The van der Waals surface area contributed by atoms with Crippen LogP contribution < -0.4 is 5.32 Å². The van der Waals surface area contributed by atoms with Gasteiger partial charge in [-0.2, -0.15) is 0 Å². The van der Waals surface area contributed by atoms with Crippen LogP contribution in [0.3, 0.4) is 0 Å². The first-order chi connectivity index (χ1) is 9.04. The van der Waals surface area contributed by atoms with Crippen LogP contribution in [0.1, 0.15) is 17.1 Å². The zero-order valence-corrected chi connectivity index (χ0v) is 11.1. The van der Waals surface area contributed by atoms with Crippen LogP contribution in [0.4, 0.5) is 14.5 Å². The van der Waals surface area contributed by atoms with Crippen molar-refractivity contribution in [2.75, 3.05) is 5.32 Å². The average molecular weight is 282 g/mol. The summed E-state index contributed by atoms with van der Waals surface area (Å²) in [4.78, 5) is 15.9. The summed E-state index contributed by atoms with van der Waals surface area (Å²) in [5, 5.41) is 5.24. The molecule has 0 spiro atoms. The molecular formula is C13H12F2N2OS. The molecule has 0 saturated carbocycles. The van der Waals surface area contributed by atoms with E-state index in [2.05, 4.69) is 10.3 Å². The molecular weight excluding hydrogens is 270 g/mol. The Bertz CT molecular complexity index is 598. The van der Waals surface area contributed by atoms with Gasteiger partial charge >= 0.3 is 0 Å². The van der Waals surface area contributed by atoms with Crippen molar-refractivity contribution in [3.05, 3.63) is 45.9 Å². The van der Waals surface area contributed by atoms with Gasteiger partial charge in [-0.05, 0) is 25.5 Å². The minimum absolute atomic E-state index is 0.0131. The van der Waals surface area contributed by atoms with E-state index in [9.17, 15) is 13.6 Å². The Morgan fingerprint density at radius 1 is 1.42 bits per heavy atom. The van der Waals surface area contributed by atoms with Gasteiger partial charge in [-0.1, -0.05) is 0 Å². The predicted molar refractivity (Wildman–Crippen MR) is 70.2 cm³/mol. The van der Waals surface area contributed by atoms with Gasteiger partial charge in [0.15, 0.2) is 0 Å². The maximum Gasteiger partial charge on any atom is 0.224 e. The highest BCUT2D eigenvalue weighted by Crippen LogP contribution is 2.16. The number of benzene rings is 1. The van der Waals surface area contributed by atoms with Gasteiger partial charge in [0.2, 0.25) is 5.91 Å². The number of nitrogens with one attached hydrogen (secondary N) is 1. The van der Waals surface area contributed by atoms with Crippen molar-refractivity contribution in [1.82, 2.24) is 4.98 Å². The van der Waals surface area contributed by atoms with Crippen molar-refractivity contribution in [3.8, 4) is 0 Å². The van der Waals surface area contributed by atoms with E-state index in [1.807, 2.05) is 12.3 Å². The molecule has 6 heteroatoms. The highest BCUT2D eigenvalue weighted by molar-refractivity contribution is 7.09. The van der Waals surface area contributed by atoms with Crippen LogP contribution in [-0.2, 0) is 11.2 Å². The van der Waals surface area contributed by atoms with E-state index in [1.54, 1.807) is 0 Å². The summed E-state index contributed by atoms with van der Waals surface area (Å²) in [5.74, 6) is -1.78. The zero-order valence-electron chi connectivity index (χ0n) is 10.2. The summed E-state index contributed by atoms with van der Waals surface area (Å²) in [6.45, 7) is 1.89. The fourth-order valence-electron chi connectivity index (χ4n) is 1.57. The summed E-state index contributed by atoms with van der Waals surface area (Å²) in [6, 6.07) is 3.04. The molecule has 1 aromatic carbocycles. The van der Waals surface area contributed by atoms with Crippen LogP contribution in [-0.4, -0.2) is 10.9 Å². The number of aryl methyl sites for hydroxylation is 2. The fourth-order valence-corrected chi connectivity index (χ4v) is 2.22. The number of hydrogen-bond donors (Lipinski definition) is 1. The molecule has 1 N–H and O–H groups in total. The molecule has 3 nitrogen and oxygen atoms in total. The molecule has 1 heterocycles. The molecule has 0 aliphatic rings. The van der Waals surface area contributed by atoms with Crippen LogP contribution >= 0.6 is 11.3 Å². The molecule has 19 heavy (non-hydrogen) atoms. The van der Waals surface area contributed by atoms with Crippen molar-refractivity contribution in [2.24, 2.45) is 0 Å². The molecule has 100 valence electrons. The summed E-state index contributed by atoms with van der Waals surface area (Å²) in [6.07, 6.45) is 0.707. The second kappa shape index (κ2) is 5.88. The normalized spacial score (nSPS) is 10.5. The zero-order chi connectivity index (χ0) is 13.8. The van der Waals surface area contributed by atoms with Crippen molar-refractivity contribution in [2.45, 2.75) is 19.8 Å². The van der Waals surface area contributed by atoms with Crippen molar-refractivity contribution in [3.63, 3.8) is 0 Å². The molecule has 0 bridgehead atoms. The number of carbonyl (C=O) groups is 1. The average Bonchev–Trinajstić information content (AvgIpc) is 2.76. The van der Waals surface area contributed by atoms with Crippen molar-refractivity contribution in [1.29, 1.82) is 0 Å². The lowest BCUT2D eigenvalue weighted by Gasteiger charge is -2.05. The minimum Gasteiger partial charge on any atom is -0.324 e. The van der Waals surface area contributed by atoms with Gasteiger partial charge in [0.05, 0.1) is 16.4 Å². The number of aromatic nitrogens is 1. The predicted octanol–water partition coefficient (Wildman–Crippen LogP) is 3.30. The van der Waals surface area contributed by atoms with Crippen molar-refractivity contribution < 1.29 is 13.6 Å². The Kier molecular flexibility index (Phi) is 4.21. The number of nitrogens with zero attached hydrogens (tertiary/aromatic N) is 1. The monoisotopic (exact) mass is 282 g/mol. The smallest absolute Gasteiger partial charge is 0.224 e. The molecule has 1 aromatic heterocycles. The van der Waals surface area contributed by atoms with Gasteiger partial charge in [0, 0.05) is 17.9 Å². The second-order valence-electron chi connectivity index (χ2n) is 4.03. The Labute approximate surface area is 113 Å². The SMILES string of the molecule is Cc1nc(CCC(=O)Nc2ccc(F)cc2F)cs1. The van der Waals surface area contributed by atoms with Gasteiger partial charge in [-0.3, -0.25) is 4.79 Å². The third-order valence-corrected chi connectivity index (χ3v) is 3.30. The van der Waals surface area contributed by atoms with Crippen molar-refractivity contribution >= 4 is 22.9 Å². The van der Waals surface area contributed by atoms with E-state index in [0.29, 0.717) is 6.42 Å². The van der Waals surface area contributed by atoms with Crippen LogP contribution in [0, 0.1) is 18.6 Å². The van der Waals surface area contributed by atoms with E-state index in [-0.39, 0.29) is 18.0 Å². The summed E-state index contributed by atoms with van der Waals surface area (Å²) >= 11 is 1.52. The highest BCUT2D eigenvalue weighted by Gasteiger charge is 2.09. The summed E-state index contributed by atoms with van der Waals surface area (Å²) in [5.41, 5.74) is 0.832. The Balaban J connectivity index is 1.90. The van der Waals surface area contributed by atoms with Gasteiger partial charge in [0.25, 0.3) is 0 Å². The minimum atomic E-state index is -0.780. The number of anilines is 1. The number of rotatable bonds is 4. The number of carbonyl (C=O) groups excluding carboxylic acids is 1. The molecule has 2 aromatic rings. The number of amides is 1. The molecule has 0 unspecified atom stereocenters. The molecule has 0 aliphatic heterocycles. The van der Waals surface area contributed by atoms with E-state index in [1.165, 1.54) is 17.4 Å². The lowest BCUT2D eigenvalue weighted by Crippen LogP contribution is -2.13. The summed E-state index contributed by atoms with van der Waals surface area (Å²) < 4.78 is 26.0. The van der Waals surface area contributed by atoms with E-state index < -0.39 is 11.6 Å². The molecule has 0 radical (unpaired) electrons. The van der Waals surface area contributed by atoms with E-state index >= 15 is 0 Å². The Hall–Kier alpha value is -1.82. The van der Waals surface area contributed by atoms with Gasteiger partial charge in [-0.15, -0.1) is 11.3 Å². The van der Waals surface area contributed by atoms with Crippen LogP contribution in [0.2, 0.25) is 0 Å². The van der Waals surface area contributed by atoms with Crippen LogP contribution in [0.25, 0.3) is 0 Å². The number of halogens is 2. The van der Waals surface area contributed by atoms with Gasteiger partial charge in [-0.25, -0.2) is 13.8 Å². The van der Waals surface area contributed by atoms with E-state index in [4.69, 9.17) is 0 Å². The van der Waals surface area contributed by atoms with E-state index in [0.717, 1.165) is 22.8 Å². The Morgan fingerprint density at radius 2 is 2.21 bits per heavy atom. The second-order valence-corrected chi connectivity index (χ2v) is 5.09. The first-order valence-electron chi connectivity index (χ1n) is 5.70. The van der Waals surface area contributed by atoms with Crippen LogP contribution in [0.15, 0.2) is 23.6 Å². The molecule has 1 amide bonds. The molecule has 2 rings (SSSR count). The fraction of sp³-hybridized carbons (Fsp3) is 0.231. The lowest BCUT2D eigenvalue weighted by molar-refractivity contribution is -0.116. The molecule has 0 aliphatic carbocycles. The first-order valence-corrected chi connectivity index (χ1v) is 6.58. The largest absolute Gasteiger partial charge is 0.324 e. The topological polar surface area (TPSA) is 42.0 Å². The molecule has 0 atom stereocenters. The standard InChI is InChI=1S/C13H12F2N2OS/c1-8-16-10(7-19-8)3-5-13(18)17-12-4-2-9(14)6-11(12)15/h2,4,6-7H,3,5H2,1H3,(H,17,18). The maximum absolute atomic E-state index is 13.3. The third-order valence-electron chi connectivity index (χ3n) is 2.48. The first kappa shape index (κ1) is 13.6. The number of thiazole rings is 1. The van der Waals surface area contributed by atoms with Crippen LogP contribution in [0.5, 0.6) is 0 Å². The lowest BCUT2D eigenvalue weighted by atomic mass is 10.2. The van der Waals surface area contributed by atoms with Gasteiger partial charge < -0.3 is 5.32 Å². The summed E-state index contributed by atoms with van der Waals surface area (Å²) in [7, 11) is 0. The quantitative estimate of drug-likeness (QED) is 0.935. The third kappa shape index (κ3) is 3.82. The number of hydrogen-bond acceptors (Lipinski definition) is 3. The van der Waals surface area contributed by atoms with Gasteiger partial charge in [0.1, 0.15) is 11.6 Å². The Morgan fingerprint density at radius 3 is 2.84 bits per heavy atom. The molecule has 0 fully saturated rings.